The van der Waals surface area contributed by atoms with Crippen molar-refractivity contribution in [3.63, 3.8) is 0 Å². The monoisotopic (exact) mass is 456 g/mol. The van der Waals surface area contributed by atoms with E-state index in [1.54, 1.807) is 18.2 Å². The highest BCUT2D eigenvalue weighted by Crippen LogP contribution is 2.29. The van der Waals surface area contributed by atoms with Gasteiger partial charge in [-0.1, -0.05) is 19.9 Å². The summed E-state index contributed by atoms with van der Waals surface area (Å²) < 4.78 is 12.4. The van der Waals surface area contributed by atoms with Crippen LogP contribution in [0.4, 0.5) is 0 Å². The third kappa shape index (κ3) is 5.17. The van der Waals surface area contributed by atoms with Crippen molar-refractivity contribution in [2.45, 2.75) is 26.3 Å². The van der Waals surface area contributed by atoms with E-state index in [1.807, 2.05) is 36.4 Å². The highest BCUT2D eigenvalue weighted by molar-refractivity contribution is 5.90. The summed E-state index contributed by atoms with van der Waals surface area (Å²) in [5, 5.41) is 8.59. The zero-order valence-corrected chi connectivity index (χ0v) is 19.1. The van der Waals surface area contributed by atoms with Crippen LogP contribution in [0.3, 0.4) is 0 Å². The molecule has 8 heteroatoms. The number of aromatic nitrogens is 4. The molecule has 2 heterocycles. The molecule has 0 saturated heterocycles. The molecule has 172 valence electrons. The molecule has 0 atom stereocenters. The summed E-state index contributed by atoms with van der Waals surface area (Å²) in [6, 6.07) is 17.7. The van der Waals surface area contributed by atoms with Gasteiger partial charge in [0.1, 0.15) is 11.5 Å². The van der Waals surface area contributed by atoms with Crippen molar-refractivity contribution in [3.05, 3.63) is 100 Å². The van der Waals surface area contributed by atoms with Crippen molar-refractivity contribution < 1.29 is 14.3 Å². The van der Waals surface area contributed by atoms with Crippen molar-refractivity contribution in [2.75, 3.05) is 7.11 Å². The number of rotatable bonds is 7. The Balaban J connectivity index is 1.61. The molecule has 0 N–H and O–H groups in total. The molecule has 2 aromatic heterocycles. The summed E-state index contributed by atoms with van der Waals surface area (Å²) >= 11 is 0. The number of carbonyl (C=O) groups excluding carboxylic acids is 1. The zero-order valence-electron chi connectivity index (χ0n) is 19.1. The maximum absolute atomic E-state index is 12.1. The SMILES string of the molecule is COC(=O)c1ccc(Cn2cnccc2=O)c(Oc2ccc(-c3ccc(C(C)C)nn3)cc2)c1. The minimum absolute atomic E-state index is 0.188. The van der Waals surface area contributed by atoms with Gasteiger partial charge < -0.3 is 9.47 Å². The number of hydrogen-bond acceptors (Lipinski definition) is 7. The maximum atomic E-state index is 12.1. The van der Waals surface area contributed by atoms with Gasteiger partial charge in [0.25, 0.3) is 5.56 Å². The summed E-state index contributed by atoms with van der Waals surface area (Å²) in [6.07, 6.45) is 2.90. The van der Waals surface area contributed by atoms with E-state index in [4.69, 9.17) is 9.47 Å². The van der Waals surface area contributed by atoms with Crippen LogP contribution in [0.5, 0.6) is 11.5 Å². The number of nitrogens with zero attached hydrogens (tertiary/aromatic N) is 4. The molecule has 0 unspecified atom stereocenters. The van der Waals surface area contributed by atoms with E-state index in [-0.39, 0.29) is 12.1 Å². The lowest BCUT2D eigenvalue weighted by atomic mass is 10.1. The molecule has 4 aromatic rings. The Bertz CT molecular complexity index is 1350. The van der Waals surface area contributed by atoms with E-state index in [0.29, 0.717) is 28.5 Å². The Morgan fingerprint density at radius 1 is 1.00 bits per heavy atom. The number of esters is 1. The molecule has 0 amide bonds. The van der Waals surface area contributed by atoms with Crippen LogP contribution in [0.15, 0.2) is 78.0 Å². The van der Waals surface area contributed by atoms with Crippen LogP contribution in [0, 0.1) is 0 Å². The number of hydrogen-bond donors (Lipinski definition) is 0. The number of carbonyl (C=O) groups is 1. The lowest BCUT2D eigenvalue weighted by molar-refractivity contribution is 0.0600. The smallest absolute Gasteiger partial charge is 0.337 e. The fourth-order valence-corrected chi connectivity index (χ4v) is 3.33. The molecule has 0 fully saturated rings. The summed E-state index contributed by atoms with van der Waals surface area (Å²) in [5.41, 5.74) is 3.47. The predicted octanol–water partition coefficient (Wildman–Crippen LogP) is 4.45. The van der Waals surface area contributed by atoms with Gasteiger partial charge >= 0.3 is 5.97 Å². The first-order valence-electron chi connectivity index (χ1n) is 10.8. The normalized spacial score (nSPS) is 10.8. The summed E-state index contributed by atoms with van der Waals surface area (Å²) in [5.74, 6) is 0.841. The molecule has 0 saturated carbocycles. The molecule has 0 aliphatic heterocycles. The summed E-state index contributed by atoms with van der Waals surface area (Å²) in [6.45, 7) is 4.38. The number of methoxy groups -OCH3 is 1. The van der Waals surface area contributed by atoms with Gasteiger partial charge in [-0.3, -0.25) is 9.36 Å². The van der Waals surface area contributed by atoms with Gasteiger partial charge in [0.2, 0.25) is 0 Å². The maximum Gasteiger partial charge on any atom is 0.337 e. The highest BCUT2D eigenvalue weighted by atomic mass is 16.5. The van der Waals surface area contributed by atoms with E-state index in [0.717, 1.165) is 17.0 Å². The first kappa shape index (κ1) is 22.8. The molecular formula is C26H24N4O4. The van der Waals surface area contributed by atoms with E-state index < -0.39 is 5.97 Å². The lowest BCUT2D eigenvalue weighted by Gasteiger charge is -2.14. The quantitative estimate of drug-likeness (QED) is 0.379. The topological polar surface area (TPSA) is 96.2 Å². The molecule has 4 rings (SSSR count). The highest BCUT2D eigenvalue weighted by Gasteiger charge is 2.13. The van der Waals surface area contributed by atoms with Crippen molar-refractivity contribution in [2.24, 2.45) is 0 Å². The Morgan fingerprint density at radius 3 is 2.44 bits per heavy atom. The molecular weight excluding hydrogens is 432 g/mol. The number of ether oxygens (including phenoxy) is 2. The van der Waals surface area contributed by atoms with E-state index >= 15 is 0 Å². The van der Waals surface area contributed by atoms with E-state index in [9.17, 15) is 9.59 Å². The molecule has 34 heavy (non-hydrogen) atoms. The fraction of sp³-hybridized carbons (Fsp3) is 0.192. The van der Waals surface area contributed by atoms with Gasteiger partial charge in [0.15, 0.2) is 0 Å². The molecule has 0 bridgehead atoms. The largest absolute Gasteiger partial charge is 0.465 e. The van der Waals surface area contributed by atoms with Crippen LogP contribution in [0.2, 0.25) is 0 Å². The summed E-state index contributed by atoms with van der Waals surface area (Å²) in [7, 11) is 1.32. The second kappa shape index (κ2) is 10.1. The van der Waals surface area contributed by atoms with Crippen LogP contribution in [-0.4, -0.2) is 32.8 Å². The number of benzene rings is 2. The zero-order chi connectivity index (χ0) is 24.1. The van der Waals surface area contributed by atoms with Gasteiger partial charge in [-0.05, 0) is 54.4 Å². The molecule has 0 aliphatic carbocycles. The van der Waals surface area contributed by atoms with E-state index in [2.05, 4.69) is 29.0 Å². The average molecular weight is 457 g/mol. The lowest BCUT2D eigenvalue weighted by Crippen LogP contribution is -2.19. The van der Waals surface area contributed by atoms with Crippen LogP contribution >= 0.6 is 0 Å². The average Bonchev–Trinajstić information content (AvgIpc) is 2.86. The van der Waals surface area contributed by atoms with Crippen LogP contribution in [0.25, 0.3) is 11.3 Å². The van der Waals surface area contributed by atoms with Crippen LogP contribution in [-0.2, 0) is 11.3 Å². The Kier molecular flexibility index (Phi) is 6.77. The van der Waals surface area contributed by atoms with Crippen molar-refractivity contribution in [3.8, 4) is 22.8 Å². The van der Waals surface area contributed by atoms with E-state index in [1.165, 1.54) is 30.3 Å². The minimum Gasteiger partial charge on any atom is -0.465 e. The Morgan fingerprint density at radius 2 is 1.79 bits per heavy atom. The minimum atomic E-state index is -0.478. The van der Waals surface area contributed by atoms with Crippen molar-refractivity contribution >= 4 is 5.97 Å². The fourth-order valence-electron chi connectivity index (χ4n) is 3.33. The predicted molar refractivity (Wildman–Crippen MR) is 127 cm³/mol. The van der Waals surface area contributed by atoms with Gasteiger partial charge in [-0.2, -0.15) is 10.2 Å². The van der Waals surface area contributed by atoms with Gasteiger partial charge in [0, 0.05) is 23.4 Å². The van der Waals surface area contributed by atoms with Gasteiger partial charge in [-0.25, -0.2) is 9.78 Å². The van der Waals surface area contributed by atoms with Crippen molar-refractivity contribution in [1.82, 2.24) is 19.7 Å². The van der Waals surface area contributed by atoms with Gasteiger partial charge in [0.05, 0.1) is 36.9 Å². The second-order valence-electron chi connectivity index (χ2n) is 7.99. The van der Waals surface area contributed by atoms with Crippen LogP contribution in [0.1, 0.15) is 41.4 Å². The van der Waals surface area contributed by atoms with Gasteiger partial charge in [-0.15, -0.1) is 0 Å². The summed E-state index contributed by atoms with van der Waals surface area (Å²) in [4.78, 5) is 28.2. The third-order valence-corrected chi connectivity index (χ3v) is 5.28. The molecule has 2 aromatic carbocycles. The van der Waals surface area contributed by atoms with Crippen molar-refractivity contribution in [1.29, 1.82) is 0 Å². The third-order valence-electron chi connectivity index (χ3n) is 5.28. The van der Waals surface area contributed by atoms with Crippen LogP contribution < -0.4 is 10.3 Å². The molecule has 0 spiro atoms. The Labute approximate surface area is 196 Å². The standard InChI is InChI=1S/C26H24N4O4/c1-17(2)22-10-11-23(29-28-22)18-6-8-21(9-7-18)34-24-14-19(26(32)33-3)4-5-20(24)15-30-16-27-13-12-25(30)31/h4-14,16-17H,15H2,1-3H3. The molecule has 0 aliphatic rings. The first-order valence-corrected chi connectivity index (χ1v) is 10.8. The molecule has 8 nitrogen and oxygen atoms in total. The first-order chi connectivity index (χ1) is 16.4. The second-order valence-corrected chi connectivity index (χ2v) is 7.99. The Hall–Kier alpha value is -4.33. The molecule has 0 radical (unpaired) electrons.